The highest BCUT2D eigenvalue weighted by atomic mass is 32.1. The van der Waals surface area contributed by atoms with Gasteiger partial charge in [0.1, 0.15) is 0 Å². The van der Waals surface area contributed by atoms with Crippen molar-refractivity contribution in [3.05, 3.63) is 21.9 Å². The van der Waals surface area contributed by atoms with Gasteiger partial charge in [-0.2, -0.15) is 0 Å². The number of β-amino-alcohol motifs (C(OH)–C–C–N with tert-alkyl or cyclic N) is 1. The molecule has 0 amide bonds. The first-order valence-electron chi connectivity index (χ1n) is 6.84. The Kier molecular flexibility index (Phi) is 5.18. The summed E-state index contributed by atoms with van der Waals surface area (Å²) in [4.78, 5) is 3.73. The van der Waals surface area contributed by atoms with Gasteiger partial charge in [-0.1, -0.05) is 0 Å². The molecule has 3 nitrogen and oxygen atoms in total. The average molecular weight is 268 g/mol. The van der Waals surface area contributed by atoms with Gasteiger partial charge < -0.3 is 15.3 Å². The van der Waals surface area contributed by atoms with E-state index in [-0.39, 0.29) is 6.10 Å². The number of rotatable bonds is 6. The van der Waals surface area contributed by atoms with Gasteiger partial charge in [0.25, 0.3) is 0 Å². The molecule has 2 atom stereocenters. The zero-order chi connectivity index (χ0) is 13.0. The lowest BCUT2D eigenvalue weighted by Gasteiger charge is -2.21. The van der Waals surface area contributed by atoms with Gasteiger partial charge in [0.15, 0.2) is 0 Å². The van der Waals surface area contributed by atoms with Gasteiger partial charge in [0.05, 0.1) is 6.10 Å². The summed E-state index contributed by atoms with van der Waals surface area (Å²) in [5.41, 5.74) is 1.34. The summed E-state index contributed by atoms with van der Waals surface area (Å²) in [7, 11) is 0. The first kappa shape index (κ1) is 14.0. The van der Waals surface area contributed by atoms with E-state index in [4.69, 9.17) is 0 Å². The monoisotopic (exact) mass is 268 g/mol. The lowest BCUT2D eigenvalue weighted by Crippen LogP contribution is -2.37. The molecule has 2 heterocycles. The van der Waals surface area contributed by atoms with Crippen LogP contribution >= 0.6 is 11.3 Å². The first-order chi connectivity index (χ1) is 8.66. The smallest absolute Gasteiger partial charge is 0.0791 e. The minimum Gasteiger partial charge on any atom is -0.390 e. The molecule has 1 fully saturated rings. The molecule has 102 valence electrons. The van der Waals surface area contributed by atoms with Crippen molar-refractivity contribution in [3.8, 4) is 0 Å². The third kappa shape index (κ3) is 3.79. The summed E-state index contributed by atoms with van der Waals surface area (Å²) >= 11 is 1.79. The highest BCUT2D eigenvalue weighted by molar-refractivity contribution is 7.10. The summed E-state index contributed by atoms with van der Waals surface area (Å²) in [5, 5.41) is 15.6. The van der Waals surface area contributed by atoms with Crippen LogP contribution in [0.5, 0.6) is 0 Å². The summed E-state index contributed by atoms with van der Waals surface area (Å²) in [6.45, 7) is 8.09. The van der Waals surface area contributed by atoms with Gasteiger partial charge in [0, 0.05) is 24.0 Å². The number of nitrogens with one attached hydrogen (secondary N) is 1. The predicted octanol–water partition coefficient (Wildman–Crippen LogP) is 2.16. The van der Waals surface area contributed by atoms with Crippen LogP contribution in [0.4, 0.5) is 0 Å². The van der Waals surface area contributed by atoms with Crippen molar-refractivity contribution in [3.63, 3.8) is 0 Å². The predicted molar refractivity (Wildman–Crippen MR) is 77.2 cm³/mol. The Morgan fingerprint density at radius 2 is 2.17 bits per heavy atom. The second kappa shape index (κ2) is 6.66. The molecule has 18 heavy (non-hydrogen) atoms. The van der Waals surface area contributed by atoms with E-state index in [1.54, 1.807) is 11.3 Å². The Balaban J connectivity index is 1.72. The van der Waals surface area contributed by atoms with Crippen molar-refractivity contribution in [2.75, 3.05) is 26.2 Å². The lowest BCUT2D eigenvalue weighted by atomic mass is 10.2. The quantitative estimate of drug-likeness (QED) is 0.830. The molecule has 1 saturated heterocycles. The van der Waals surface area contributed by atoms with Gasteiger partial charge in [-0.05, 0) is 56.8 Å². The minimum absolute atomic E-state index is 0.259. The lowest BCUT2D eigenvalue weighted by molar-refractivity contribution is 0.121. The number of aliphatic hydroxyl groups excluding tert-OH is 1. The second-order valence-electron chi connectivity index (χ2n) is 5.26. The van der Waals surface area contributed by atoms with Crippen LogP contribution in [0.15, 0.2) is 11.4 Å². The van der Waals surface area contributed by atoms with Gasteiger partial charge in [-0.15, -0.1) is 11.3 Å². The van der Waals surface area contributed by atoms with Crippen LogP contribution < -0.4 is 5.32 Å². The van der Waals surface area contributed by atoms with E-state index in [0.29, 0.717) is 12.6 Å². The molecule has 0 saturated carbocycles. The fraction of sp³-hybridized carbons (Fsp3) is 0.714. The molecule has 1 aliphatic rings. The van der Waals surface area contributed by atoms with Crippen molar-refractivity contribution >= 4 is 11.3 Å². The van der Waals surface area contributed by atoms with E-state index in [9.17, 15) is 5.11 Å². The highest BCUT2D eigenvalue weighted by Gasteiger charge is 2.17. The molecule has 2 N–H and O–H groups in total. The average Bonchev–Trinajstić information content (AvgIpc) is 2.97. The Bertz CT molecular complexity index is 360. The molecule has 0 spiro atoms. The van der Waals surface area contributed by atoms with E-state index in [1.807, 2.05) is 0 Å². The Morgan fingerprint density at radius 1 is 1.44 bits per heavy atom. The number of aryl methyl sites for hydroxylation is 1. The van der Waals surface area contributed by atoms with E-state index in [1.165, 1.54) is 23.3 Å². The van der Waals surface area contributed by atoms with Gasteiger partial charge in [-0.3, -0.25) is 0 Å². The van der Waals surface area contributed by atoms with Crippen molar-refractivity contribution in [1.29, 1.82) is 0 Å². The normalized spacial score (nSPS) is 20.2. The number of likely N-dealkylation sites (tertiary alicyclic amines) is 1. The number of aliphatic hydroxyl groups is 1. The number of hydrogen-bond donors (Lipinski definition) is 2. The molecule has 0 aromatic carbocycles. The van der Waals surface area contributed by atoms with E-state index in [0.717, 1.165) is 19.6 Å². The van der Waals surface area contributed by atoms with Gasteiger partial charge in [0.2, 0.25) is 0 Å². The maximum absolute atomic E-state index is 10.0. The van der Waals surface area contributed by atoms with E-state index >= 15 is 0 Å². The Labute approximate surface area is 114 Å². The van der Waals surface area contributed by atoms with E-state index in [2.05, 4.69) is 35.5 Å². The standard InChI is InChI=1S/C14H24N2OS/c1-11-5-8-18-14(11)12(2)15-9-13(17)10-16-6-3-4-7-16/h5,8,12-13,15,17H,3-4,6-7,9-10H2,1-2H3. The Morgan fingerprint density at radius 3 is 2.78 bits per heavy atom. The van der Waals surface area contributed by atoms with Crippen molar-refractivity contribution in [1.82, 2.24) is 10.2 Å². The van der Waals surface area contributed by atoms with E-state index < -0.39 is 0 Å². The van der Waals surface area contributed by atoms with Crippen molar-refractivity contribution < 1.29 is 5.11 Å². The molecule has 4 heteroatoms. The summed E-state index contributed by atoms with van der Waals surface area (Å²) < 4.78 is 0. The van der Waals surface area contributed by atoms with Gasteiger partial charge in [-0.25, -0.2) is 0 Å². The van der Waals surface area contributed by atoms with Crippen LogP contribution in [0.25, 0.3) is 0 Å². The zero-order valence-electron chi connectivity index (χ0n) is 11.4. The van der Waals surface area contributed by atoms with Crippen LogP contribution in [0.2, 0.25) is 0 Å². The Hall–Kier alpha value is -0.420. The van der Waals surface area contributed by atoms with Crippen LogP contribution in [0.3, 0.4) is 0 Å². The molecular formula is C14H24N2OS. The number of nitrogens with zero attached hydrogens (tertiary/aromatic N) is 1. The summed E-state index contributed by atoms with van der Waals surface area (Å²) in [5.74, 6) is 0. The van der Waals surface area contributed by atoms with Crippen LogP contribution in [0.1, 0.15) is 36.2 Å². The molecule has 0 radical (unpaired) electrons. The number of hydrogen-bond acceptors (Lipinski definition) is 4. The zero-order valence-corrected chi connectivity index (χ0v) is 12.2. The van der Waals surface area contributed by atoms with Crippen molar-refractivity contribution in [2.45, 2.75) is 38.8 Å². The molecule has 0 bridgehead atoms. The fourth-order valence-electron chi connectivity index (χ4n) is 2.56. The van der Waals surface area contributed by atoms with Crippen molar-refractivity contribution in [2.24, 2.45) is 0 Å². The maximum Gasteiger partial charge on any atom is 0.0791 e. The van der Waals surface area contributed by atoms with Gasteiger partial charge >= 0.3 is 0 Å². The maximum atomic E-state index is 10.0. The SMILES string of the molecule is Cc1ccsc1C(C)NCC(O)CN1CCCC1. The van der Waals surface area contributed by atoms with Crippen LogP contribution in [-0.2, 0) is 0 Å². The molecule has 1 aromatic heterocycles. The molecule has 1 aliphatic heterocycles. The molecule has 1 aromatic rings. The topological polar surface area (TPSA) is 35.5 Å². The minimum atomic E-state index is -0.259. The molecular weight excluding hydrogens is 244 g/mol. The molecule has 2 rings (SSSR count). The van der Waals surface area contributed by atoms with Crippen LogP contribution in [-0.4, -0.2) is 42.3 Å². The largest absolute Gasteiger partial charge is 0.390 e. The summed E-state index contributed by atoms with van der Waals surface area (Å²) in [6.07, 6.45) is 2.31. The summed E-state index contributed by atoms with van der Waals surface area (Å²) in [6, 6.07) is 2.48. The number of thiophene rings is 1. The second-order valence-corrected chi connectivity index (χ2v) is 6.21. The third-order valence-electron chi connectivity index (χ3n) is 3.62. The van der Waals surface area contributed by atoms with Crippen LogP contribution in [0, 0.1) is 6.92 Å². The fourth-order valence-corrected chi connectivity index (χ4v) is 3.52. The third-order valence-corrected chi connectivity index (χ3v) is 4.82. The first-order valence-corrected chi connectivity index (χ1v) is 7.72. The molecule has 0 aliphatic carbocycles. The molecule has 2 unspecified atom stereocenters. The highest BCUT2D eigenvalue weighted by Crippen LogP contribution is 2.23.